The molecule has 5 amide bonds. The van der Waals surface area contributed by atoms with E-state index in [1.807, 2.05) is 13.0 Å². The SMILES string of the molecule is CC1=CCCC(C(=O)NCCCCC(NC(=O)C(CCC(=O)O)NC(=O)C(CCCO)NC(=O)C(CCC(=O)O)NC(=O)c2cccc(C(=O)Oc3c(F)c(F)cc(F)c3F)c2)C(=O)O)=C1. The molecule has 0 heterocycles. The van der Waals surface area contributed by atoms with Crippen LogP contribution in [0.4, 0.5) is 17.6 Å². The first kappa shape index (κ1) is 53.2. The first-order valence-electron chi connectivity index (χ1n) is 20.5. The molecule has 2 aromatic carbocycles. The molecule has 1 aliphatic rings. The van der Waals surface area contributed by atoms with Crippen LogP contribution in [0.1, 0.15) is 98.3 Å². The molecule has 23 heteroatoms. The third-order valence-corrected chi connectivity index (χ3v) is 9.85. The number of carboxylic acids is 3. The minimum absolute atomic E-state index is 0.118. The summed E-state index contributed by atoms with van der Waals surface area (Å²) in [6.07, 6.45) is 2.44. The van der Waals surface area contributed by atoms with Crippen LogP contribution in [0, 0.1) is 23.3 Å². The largest absolute Gasteiger partial charge is 0.481 e. The van der Waals surface area contributed by atoms with E-state index in [4.69, 9.17) is 0 Å². The van der Waals surface area contributed by atoms with Crippen molar-refractivity contribution in [3.05, 3.63) is 88.0 Å². The maximum absolute atomic E-state index is 14.1. The first-order valence-corrected chi connectivity index (χ1v) is 20.5. The molecule has 0 aromatic heterocycles. The lowest BCUT2D eigenvalue weighted by Crippen LogP contribution is -2.57. The van der Waals surface area contributed by atoms with E-state index in [-0.39, 0.29) is 44.2 Å². The van der Waals surface area contributed by atoms with E-state index in [1.165, 1.54) is 0 Å². The second-order valence-corrected chi connectivity index (χ2v) is 15.0. The van der Waals surface area contributed by atoms with Crippen LogP contribution in [0.25, 0.3) is 0 Å². The minimum atomic E-state index is -2.03. The molecule has 3 rings (SSSR count). The molecule has 9 N–H and O–H groups in total. The number of halogens is 4. The van der Waals surface area contributed by atoms with Crippen molar-refractivity contribution in [2.24, 2.45) is 0 Å². The molecule has 0 aliphatic heterocycles. The van der Waals surface area contributed by atoms with Gasteiger partial charge in [0.15, 0.2) is 11.6 Å². The number of nitrogens with one attached hydrogen (secondary N) is 5. The van der Waals surface area contributed by atoms with Gasteiger partial charge in [-0.15, -0.1) is 0 Å². The van der Waals surface area contributed by atoms with Crippen molar-refractivity contribution in [1.82, 2.24) is 26.6 Å². The topological polar surface area (TPSA) is 304 Å². The normalized spacial score (nSPS) is 13.9. The summed E-state index contributed by atoms with van der Waals surface area (Å²) in [4.78, 5) is 114. The van der Waals surface area contributed by atoms with Crippen molar-refractivity contribution < 1.29 is 85.9 Å². The zero-order chi connectivity index (χ0) is 49.1. The van der Waals surface area contributed by atoms with Gasteiger partial charge < -0.3 is 51.7 Å². The second-order valence-electron chi connectivity index (χ2n) is 15.0. The fraction of sp³-hybridized carbons (Fsp3) is 0.419. The van der Waals surface area contributed by atoms with Crippen molar-refractivity contribution in [3.8, 4) is 5.75 Å². The number of benzene rings is 2. The standard InChI is InChI=1S/C43H49F4N5O14/c1-22-7-4-8-23(19-22)37(58)48-17-3-2-11-31(42(63)64)52-41(62)30(14-16-33(56)57)51-39(60)28(12-6-18-53)50-40(61)29(13-15-32(54)55)49-38(59)24-9-5-10-25(20-24)43(65)66-36-34(46)26(44)21-27(45)35(36)47/h5,7,9-10,19-21,28-31,53H,2-4,6,8,11-18H2,1H3,(H,48,58)(H,49,59)(H,50,61)(H,51,60)(H,52,62)(H,54,55)(H,56,57)(H,63,64). The Balaban J connectivity index is 1.73. The summed E-state index contributed by atoms with van der Waals surface area (Å²) in [5.74, 6) is -20.1. The van der Waals surface area contributed by atoms with Crippen LogP contribution in [0.3, 0.4) is 0 Å². The molecular weight excluding hydrogens is 886 g/mol. The van der Waals surface area contributed by atoms with Gasteiger partial charge in [-0.1, -0.05) is 23.8 Å². The van der Waals surface area contributed by atoms with Crippen LogP contribution < -0.4 is 31.3 Å². The van der Waals surface area contributed by atoms with Gasteiger partial charge in [-0.05, 0) is 82.9 Å². The smallest absolute Gasteiger partial charge is 0.343 e. The molecule has 66 heavy (non-hydrogen) atoms. The predicted molar refractivity (Wildman–Crippen MR) is 220 cm³/mol. The number of hydrogen-bond donors (Lipinski definition) is 9. The fourth-order valence-electron chi connectivity index (χ4n) is 6.36. The van der Waals surface area contributed by atoms with Gasteiger partial charge in [0.25, 0.3) is 5.91 Å². The van der Waals surface area contributed by atoms with Gasteiger partial charge in [-0.25, -0.2) is 18.4 Å². The van der Waals surface area contributed by atoms with Crippen LogP contribution in [-0.4, -0.2) is 111 Å². The summed E-state index contributed by atoms with van der Waals surface area (Å²) in [5, 5.41) is 49.8. The van der Waals surface area contributed by atoms with Crippen LogP contribution in [0.15, 0.2) is 53.6 Å². The molecule has 19 nitrogen and oxygen atoms in total. The van der Waals surface area contributed by atoms with Gasteiger partial charge in [0.2, 0.25) is 41.0 Å². The van der Waals surface area contributed by atoms with Gasteiger partial charge in [0.05, 0.1) is 5.56 Å². The second kappa shape index (κ2) is 26.0. The molecule has 0 spiro atoms. The van der Waals surface area contributed by atoms with Crippen LogP contribution >= 0.6 is 0 Å². The Morgan fingerprint density at radius 3 is 1.74 bits per heavy atom. The Bertz CT molecular complexity index is 2210. The van der Waals surface area contributed by atoms with E-state index in [1.54, 1.807) is 6.08 Å². The number of esters is 1. The maximum Gasteiger partial charge on any atom is 0.343 e. The van der Waals surface area contributed by atoms with E-state index < -0.39 is 144 Å². The summed E-state index contributed by atoms with van der Waals surface area (Å²) in [6, 6.07) is -2.71. The number of rotatable bonds is 26. The lowest BCUT2D eigenvalue weighted by Gasteiger charge is -2.26. The predicted octanol–water partition coefficient (Wildman–Crippen LogP) is 2.55. The maximum atomic E-state index is 14.1. The minimum Gasteiger partial charge on any atom is -0.481 e. The number of ether oxygens (including phenoxy) is 1. The van der Waals surface area contributed by atoms with E-state index in [2.05, 4.69) is 31.3 Å². The Morgan fingerprint density at radius 1 is 0.667 bits per heavy atom. The third kappa shape index (κ3) is 16.8. The number of carboxylic acid groups (broad SMARTS) is 3. The highest BCUT2D eigenvalue weighted by atomic mass is 19.2. The van der Waals surface area contributed by atoms with E-state index in [0.29, 0.717) is 18.4 Å². The molecule has 1 aliphatic carbocycles. The number of aliphatic carboxylic acids is 3. The summed E-state index contributed by atoms with van der Waals surface area (Å²) in [5.41, 5.74) is 0.573. The third-order valence-electron chi connectivity index (χ3n) is 9.85. The van der Waals surface area contributed by atoms with Crippen molar-refractivity contribution in [2.45, 2.75) is 102 Å². The van der Waals surface area contributed by atoms with Gasteiger partial charge >= 0.3 is 23.9 Å². The number of aliphatic hydroxyl groups is 1. The molecule has 4 unspecified atom stereocenters. The van der Waals surface area contributed by atoms with Gasteiger partial charge in [-0.3, -0.25) is 33.6 Å². The molecule has 0 saturated carbocycles. The zero-order valence-corrected chi connectivity index (χ0v) is 35.4. The lowest BCUT2D eigenvalue weighted by molar-refractivity contribution is -0.143. The van der Waals surface area contributed by atoms with Crippen molar-refractivity contribution >= 4 is 53.4 Å². The van der Waals surface area contributed by atoms with Gasteiger partial charge in [-0.2, -0.15) is 8.78 Å². The van der Waals surface area contributed by atoms with E-state index in [9.17, 15) is 81.1 Å². The van der Waals surface area contributed by atoms with Gasteiger partial charge in [0.1, 0.15) is 24.2 Å². The van der Waals surface area contributed by atoms with Crippen molar-refractivity contribution in [2.75, 3.05) is 13.2 Å². The highest BCUT2D eigenvalue weighted by molar-refractivity contribution is 6.01. The van der Waals surface area contributed by atoms with E-state index in [0.717, 1.165) is 36.3 Å². The summed E-state index contributed by atoms with van der Waals surface area (Å²) >= 11 is 0. The average molecular weight is 936 g/mol. The fourth-order valence-corrected chi connectivity index (χ4v) is 6.36. The molecule has 0 saturated heterocycles. The van der Waals surface area contributed by atoms with E-state index >= 15 is 0 Å². The number of amides is 5. The monoisotopic (exact) mass is 935 g/mol. The highest BCUT2D eigenvalue weighted by Crippen LogP contribution is 2.27. The summed E-state index contributed by atoms with van der Waals surface area (Å²) in [6.45, 7) is 1.55. The molecule has 358 valence electrons. The number of allylic oxidation sites excluding steroid dienone is 3. The Morgan fingerprint density at radius 2 is 1.20 bits per heavy atom. The molecular formula is C43H49F4N5O14. The molecule has 0 fully saturated rings. The highest BCUT2D eigenvalue weighted by Gasteiger charge is 2.32. The molecule has 2 aromatic rings. The quantitative estimate of drug-likeness (QED) is 0.0216. The zero-order valence-electron chi connectivity index (χ0n) is 35.4. The van der Waals surface area contributed by atoms with Crippen LogP contribution in [0.5, 0.6) is 5.75 Å². The lowest BCUT2D eigenvalue weighted by atomic mass is 10.00. The number of hydrogen-bond acceptors (Lipinski definition) is 11. The number of carbonyl (C=O) groups is 9. The van der Waals surface area contributed by atoms with Crippen molar-refractivity contribution in [1.29, 1.82) is 0 Å². The number of carbonyl (C=O) groups excluding carboxylic acids is 6. The molecule has 0 bridgehead atoms. The Labute approximate surface area is 374 Å². The molecule has 4 atom stereocenters. The summed E-state index contributed by atoms with van der Waals surface area (Å²) < 4.78 is 60.1. The Kier molecular flexibility index (Phi) is 20.9. The number of aliphatic hydroxyl groups excluding tert-OH is 1. The van der Waals surface area contributed by atoms with Crippen LogP contribution in [0.2, 0.25) is 0 Å². The molecule has 0 radical (unpaired) electrons. The average Bonchev–Trinajstić information content (AvgIpc) is 3.27. The van der Waals surface area contributed by atoms with Crippen LogP contribution in [-0.2, 0) is 33.6 Å². The Hall–Kier alpha value is -7.17. The van der Waals surface area contributed by atoms with Crippen molar-refractivity contribution in [3.63, 3.8) is 0 Å². The number of unbranched alkanes of at least 4 members (excludes halogenated alkanes) is 1. The summed E-state index contributed by atoms with van der Waals surface area (Å²) in [7, 11) is 0. The first-order chi connectivity index (χ1) is 31.2. The van der Waals surface area contributed by atoms with Gasteiger partial charge in [0, 0.05) is 43.2 Å².